The lowest BCUT2D eigenvalue weighted by molar-refractivity contribution is -0.138. The highest BCUT2D eigenvalue weighted by molar-refractivity contribution is 14.1. The number of benzene rings is 2. The van der Waals surface area contributed by atoms with E-state index in [1.807, 2.05) is 30.3 Å². The van der Waals surface area contributed by atoms with Crippen LogP contribution in [0.15, 0.2) is 59.7 Å². The molecule has 0 saturated carbocycles. The Morgan fingerprint density at radius 3 is 2.38 bits per heavy atom. The van der Waals surface area contributed by atoms with Gasteiger partial charge in [-0.1, -0.05) is 24.3 Å². The Labute approximate surface area is 184 Å². The van der Waals surface area contributed by atoms with E-state index in [9.17, 15) is 4.79 Å². The number of hydrogen-bond donors (Lipinski definition) is 0. The van der Waals surface area contributed by atoms with Crippen LogP contribution < -0.4 is 9.47 Å². The molecule has 1 aliphatic heterocycles. The molecule has 0 radical (unpaired) electrons. The zero-order valence-corrected chi connectivity index (χ0v) is 18.6. The van der Waals surface area contributed by atoms with Crippen molar-refractivity contribution < 1.29 is 14.3 Å². The van der Waals surface area contributed by atoms with Crippen LogP contribution in [0, 0.1) is 15.4 Å². The molecule has 0 fully saturated rings. The number of allylic oxidation sites excluding steroid dienone is 2. The van der Waals surface area contributed by atoms with Crippen LogP contribution in [0.4, 0.5) is 0 Å². The molecule has 0 unspecified atom stereocenters. The second-order valence-electron chi connectivity index (χ2n) is 7.23. The van der Waals surface area contributed by atoms with Crippen LogP contribution in [0.2, 0.25) is 0 Å². The zero-order chi connectivity index (χ0) is 20.4. The minimum absolute atomic E-state index is 0.0792. The highest BCUT2D eigenvalue weighted by Crippen LogP contribution is 2.37. The predicted molar refractivity (Wildman–Crippen MR) is 121 cm³/mol. The first-order chi connectivity index (χ1) is 14.1. The Morgan fingerprint density at radius 1 is 1.00 bits per heavy atom. The molecule has 2 aromatic carbocycles. The topological polar surface area (TPSA) is 51.1 Å². The molecule has 1 amide bonds. The Morgan fingerprint density at radius 2 is 1.69 bits per heavy atom. The summed E-state index contributed by atoms with van der Waals surface area (Å²) in [6.45, 7) is 0.472. The van der Waals surface area contributed by atoms with Crippen LogP contribution in [-0.2, 0) is 11.3 Å². The first-order valence-electron chi connectivity index (χ1n) is 9.62. The molecule has 2 aromatic rings. The summed E-state index contributed by atoms with van der Waals surface area (Å²) in [6.07, 6.45) is 5.83. The number of amides is 1. The van der Waals surface area contributed by atoms with Gasteiger partial charge in [-0.05, 0) is 71.3 Å². The highest BCUT2D eigenvalue weighted by Gasteiger charge is 2.40. The maximum Gasteiger partial charge on any atom is 0.247 e. The van der Waals surface area contributed by atoms with Crippen molar-refractivity contribution in [2.75, 3.05) is 14.2 Å². The van der Waals surface area contributed by atoms with Gasteiger partial charge in [0.05, 0.1) is 32.4 Å². The van der Waals surface area contributed by atoms with Crippen molar-refractivity contribution in [3.8, 4) is 11.5 Å². The fourth-order valence-electron chi connectivity index (χ4n) is 3.98. The number of hydrogen-bond acceptors (Lipinski definition) is 4. The van der Waals surface area contributed by atoms with Gasteiger partial charge in [0.1, 0.15) is 0 Å². The molecule has 1 aliphatic carbocycles. The molecule has 2 atom stereocenters. The van der Waals surface area contributed by atoms with Crippen LogP contribution in [0.5, 0.6) is 11.5 Å². The average Bonchev–Trinajstić information content (AvgIpc) is 2.76. The quantitative estimate of drug-likeness (QED) is 0.443. The molecule has 0 saturated heterocycles. The summed E-state index contributed by atoms with van der Waals surface area (Å²) in [5, 5.41) is 6.47. The van der Waals surface area contributed by atoms with Crippen molar-refractivity contribution in [2.45, 2.75) is 19.4 Å². The number of methoxy groups -OCH3 is 2. The van der Waals surface area contributed by atoms with Gasteiger partial charge in [0.25, 0.3) is 0 Å². The molecular weight excluding hydrogens is 479 g/mol. The lowest BCUT2D eigenvalue weighted by Crippen LogP contribution is -2.45. The summed E-state index contributed by atoms with van der Waals surface area (Å²) >= 11 is 2.28. The molecule has 4 rings (SSSR count). The van der Waals surface area contributed by atoms with Crippen LogP contribution in [0.25, 0.3) is 0 Å². The molecule has 29 heavy (non-hydrogen) atoms. The van der Waals surface area contributed by atoms with Gasteiger partial charge in [-0.3, -0.25) is 4.79 Å². The minimum atomic E-state index is -0.0792. The maximum atomic E-state index is 13.2. The van der Waals surface area contributed by atoms with E-state index in [0.717, 1.165) is 29.7 Å². The first kappa shape index (κ1) is 19.9. The van der Waals surface area contributed by atoms with E-state index >= 15 is 0 Å². The molecule has 0 bridgehead atoms. The Bertz CT molecular complexity index is 969. The summed E-state index contributed by atoms with van der Waals surface area (Å²) in [5.41, 5.74) is 2.97. The van der Waals surface area contributed by atoms with Crippen LogP contribution in [0.1, 0.15) is 24.0 Å². The SMILES string of the molecule is COc1ccc(C2=NN(Cc3ccc(I)cc3)C(=O)[C@H]3CC=CC[C@@H]23)cc1OC. The van der Waals surface area contributed by atoms with Gasteiger partial charge in [0.2, 0.25) is 5.91 Å². The standard InChI is InChI=1S/C23H23IN2O3/c1-28-20-12-9-16(13-21(20)29-2)22-18-5-3-4-6-19(18)23(27)26(25-22)14-15-7-10-17(24)11-8-15/h3-4,7-13,18-19H,5-6,14H2,1-2H3/t18-,19+/m1/s1. The molecule has 5 nitrogen and oxygen atoms in total. The van der Waals surface area contributed by atoms with Gasteiger partial charge >= 0.3 is 0 Å². The fourth-order valence-corrected chi connectivity index (χ4v) is 4.34. The van der Waals surface area contributed by atoms with Crippen molar-refractivity contribution in [3.63, 3.8) is 0 Å². The molecule has 0 N–H and O–H groups in total. The third-order valence-electron chi connectivity index (χ3n) is 5.51. The minimum Gasteiger partial charge on any atom is -0.493 e. The summed E-state index contributed by atoms with van der Waals surface area (Å²) in [6, 6.07) is 14.0. The smallest absolute Gasteiger partial charge is 0.247 e. The van der Waals surface area contributed by atoms with Crippen molar-refractivity contribution in [3.05, 3.63) is 69.3 Å². The van der Waals surface area contributed by atoms with E-state index in [4.69, 9.17) is 14.6 Å². The number of carbonyl (C=O) groups is 1. The normalized spacial score (nSPS) is 20.9. The summed E-state index contributed by atoms with van der Waals surface area (Å²) in [7, 11) is 3.25. The zero-order valence-electron chi connectivity index (χ0n) is 16.5. The van der Waals surface area contributed by atoms with E-state index in [1.54, 1.807) is 19.2 Å². The average molecular weight is 502 g/mol. The van der Waals surface area contributed by atoms with Crippen molar-refractivity contribution in [1.82, 2.24) is 5.01 Å². The Kier molecular flexibility index (Phi) is 5.89. The summed E-state index contributed by atoms with van der Waals surface area (Å²) < 4.78 is 12.0. The number of fused-ring (bicyclic) bond motifs is 1. The van der Waals surface area contributed by atoms with E-state index < -0.39 is 0 Å². The molecular formula is C23H23IN2O3. The first-order valence-corrected chi connectivity index (χ1v) is 10.7. The van der Waals surface area contributed by atoms with Gasteiger partial charge in [-0.15, -0.1) is 0 Å². The molecule has 1 heterocycles. The third-order valence-corrected chi connectivity index (χ3v) is 6.23. The summed E-state index contributed by atoms with van der Waals surface area (Å²) in [4.78, 5) is 13.2. The van der Waals surface area contributed by atoms with Gasteiger partial charge in [-0.25, -0.2) is 5.01 Å². The fraction of sp³-hybridized carbons (Fsp3) is 0.304. The van der Waals surface area contributed by atoms with Crippen molar-refractivity contribution in [1.29, 1.82) is 0 Å². The lowest BCUT2D eigenvalue weighted by Gasteiger charge is -2.37. The van der Waals surface area contributed by atoms with Gasteiger partial charge in [0.15, 0.2) is 11.5 Å². The third kappa shape index (κ3) is 4.03. The second kappa shape index (κ2) is 8.57. The number of ether oxygens (including phenoxy) is 2. The van der Waals surface area contributed by atoms with E-state index in [2.05, 4.69) is 46.9 Å². The van der Waals surface area contributed by atoms with Crippen molar-refractivity contribution >= 4 is 34.2 Å². The lowest BCUT2D eigenvalue weighted by atomic mass is 9.76. The van der Waals surface area contributed by atoms with Crippen molar-refractivity contribution in [2.24, 2.45) is 16.9 Å². The maximum absolute atomic E-state index is 13.2. The number of halogens is 1. The predicted octanol–water partition coefficient (Wildman–Crippen LogP) is 4.64. The molecule has 150 valence electrons. The van der Waals surface area contributed by atoms with Crippen LogP contribution >= 0.6 is 22.6 Å². The Hall–Kier alpha value is -2.35. The Balaban J connectivity index is 1.73. The monoisotopic (exact) mass is 502 g/mol. The summed E-state index contributed by atoms with van der Waals surface area (Å²) in [5.74, 6) is 1.45. The van der Waals surface area contributed by atoms with Gasteiger partial charge in [0, 0.05) is 15.1 Å². The number of carbonyl (C=O) groups excluding carboxylic acids is 1. The van der Waals surface area contributed by atoms with Gasteiger partial charge < -0.3 is 9.47 Å². The van der Waals surface area contributed by atoms with E-state index in [1.165, 1.54) is 3.57 Å². The molecule has 2 aliphatic rings. The largest absolute Gasteiger partial charge is 0.493 e. The highest BCUT2D eigenvalue weighted by atomic mass is 127. The second-order valence-corrected chi connectivity index (χ2v) is 8.48. The number of nitrogens with zero attached hydrogens (tertiary/aromatic N) is 2. The van der Waals surface area contributed by atoms with Gasteiger partial charge in [-0.2, -0.15) is 5.10 Å². The van der Waals surface area contributed by atoms with Crippen LogP contribution in [-0.4, -0.2) is 30.8 Å². The van der Waals surface area contributed by atoms with Crippen LogP contribution in [0.3, 0.4) is 0 Å². The van der Waals surface area contributed by atoms with E-state index in [0.29, 0.717) is 18.0 Å². The molecule has 0 spiro atoms. The number of rotatable bonds is 5. The molecule has 0 aromatic heterocycles. The molecule has 6 heteroatoms. The number of hydrazone groups is 1. The van der Waals surface area contributed by atoms with E-state index in [-0.39, 0.29) is 17.7 Å².